The molecule has 3 fully saturated rings. The van der Waals surface area contributed by atoms with Crippen LogP contribution in [-0.4, -0.2) is 36.0 Å². The molecule has 4 heteroatoms. The summed E-state index contributed by atoms with van der Waals surface area (Å²) in [6.07, 6.45) is 6.57. The SMILES string of the molecule is CCC1CCCC2C3C(C(=O)OC(C)(C)C)CC(C3C)C12.CO.CO. The van der Waals surface area contributed by atoms with E-state index in [2.05, 4.69) is 13.8 Å². The second-order valence-corrected chi connectivity index (χ2v) is 8.82. The van der Waals surface area contributed by atoms with E-state index in [1.165, 1.54) is 25.7 Å². The van der Waals surface area contributed by atoms with E-state index in [1.54, 1.807) is 0 Å². The Labute approximate surface area is 154 Å². The molecule has 4 nitrogen and oxygen atoms in total. The quantitative estimate of drug-likeness (QED) is 0.737. The number of hydrogen-bond acceptors (Lipinski definition) is 4. The van der Waals surface area contributed by atoms with Crippen LogP contribution >= 0.6 is 0 Å². The second kappa shape index (κ2) is 9.36. The van der Waals surface area contributed by atoms with E-state index in [-0.39, 0.29) is 17.5 Å². The van der Waals surface area contributed by atoms with Crippen LogP contribution in [-0.2, 0) is 9.53 Å². The van der Waals surface area contributed by atoms with E-state index < -0.39 is 0 Å². The van der Waals surface area contributed by atoms with Crippen LogP contribution in [0.4, 0.5) is 0 Å². The summed E-state index contributed by atoms with van der Waals surface area (Å²) in [5, 5.41) is 14.0. The van der Waals surface area contributed by atoms with Gasteiger partial charge in [-0.25, -0.2) is 0 Å². The summed E-state index contributed by atoms with van der Waals surface area (Å²) in [7, 11) is 2.00. The van der Waals surface area contributed by atoms with Gasteiger partial charge in [-0.3, -0.25) is 4.79 Å². The molecule has 3 rings (SSSR count). The van der Waals surface area contributed by atoms with Gasteiger partial charge in [0, 0.05) is 14.2 Å². The Balaban J connectivity index is 0.000000730. The Morgan fingerprint density at radius 2 is 1.64 bits per heavy atom. The van der Waals surface area contributed by atoms with Crippen molar-refractivity contribution in [2.75, 3.05) is 14.2 Å². The fourth-order valence-corrected chi connectivity index (χ4v) is 6.09. The van der Waals surface area contributed by atoms with Gasteiger partial charge in [-0.2, -0.15) is 0 Å². The summed E-state index contributed by atoms with van der Waals surface area (Å²) in [6.45, 7) is 10.7. The van der Waals surface area contributed by atoms with Crippen molar-refractivity contribution < 1.29 is 19.7 Å². The third-order valence-corrected chi connectivity index (χ3v) is 6.65. The molecule has 0 aromatic heterocycles. The first-order chi connectivity index (χ1) is 11.8. The summed E-state index contributed by atoms with van der Waals surface area (Å²) in [5.74, 6) is 5.00. The van der Waals surface area contributed by atoms with Crippen LogP contribution in [0.1, 0.15) is 66.7 Å². The molecule has 3 aliphatic carbocycles. The lowest BCUT2D eigenvalue weighted by Gasteiger charge is -2.43. The van der Waals surface area contributed by atoms with Crippen molar-refractivity contribution in [1.82, 2.24) is 0 Å². The van der Waals surface area contributed by atoms with E-state index in [1.807, 2.05) is 20.8 Å². The first-order valence-electron chi connectivity index (χ1n) is 9.95. The standard InChI is InChI=1S/C19H32O2.2CH4O/c1-6-12-8-7-9-13-16-11(2)14(17(12)13)10-15(16)18(20)21-19(3,4)5;2*1-2/h11-17H,6-10H2,1-5H3;2*2H,1H3. The molecule has 0 aromatic rings. The highest BCUT2D eigenvalue weighted by Crippen LogP contribution is 2.64. The lowest BCUT2D eigenvalue weighted by molar-refractivity contribution is -0.164. The Bertz CT molecular complexity index is 415. The van der Waals surface area contributed by atoms with Gasteiger partial charge in [-0.15, -0.1) is 0 Å². The van der Waals surface area contributed by atoms with Gasteiger partial charge in [0.2, 0.25) is 0 Å². The Morgan fingerprint density at radius 3 is 2.16 bits per heavy atom. The highest BCUT2D eigenvalue weighted by Gasteiger charge is 2.61. The zero-order chi connectivity index (χ0) is 19.4. The van der Waals surface area contributed by atoms with Gasteiger partial charge in [0.05, 0.1) is 5.92 Å². The largest absolute Gasteiger partial charge is 0.460 e. The zero-order valence-electron chi connectivity index (χ0n) is 17.3. The number of aliphatic hydroxyl groups is 2. The molecule has 7 atom stereocenters. The first-order valence-corrected chi connectivity index (χ1v) is 9.95. The molecule has 2 bridgehead atoms. The van der Waals surface area contributed by atoms with Crippen LogP contribution in [0, 0.1) is 41.4 Å². The van der Waals surface area contributed by atoms with Crippen molar-refractivity contribution in [2.24, 2.45) is 41.4 Å². The average Bonchev–Trinajstić information content (AvgIpc) is 3.07. The molecule has 148 valence electrons. The molecule has 0 amide bonds. The van der Waals surface area contributed by atoms with Gasteiger partial charge in [0.1, 0.15) is 5.60 Å². The summed E-state index contributed by atoms with van der Waals surface area (Å²) in [5.41, 5.74) is -0.347. The molecule has 25 heavy (non-hydrogen) atoms. The number of ether oxygens (including phenoxy) is 1. The van der Waals surface area contributed by atoms with E-state index in [9.17, 15) is 4.79 Å². The molecular formula is C21H40O4. The number of carbonyl (C=O) groups excluding carboxylic acids is 1. The summed E-state index contributed by atoms with van der Waals surface area (Å²) < 4.78 is 5.72. The van der Waals surface area contributed by atoms with Crippen LogP contribution in [0.3, 0.4) is 0 Å². The lowest BCUT2D eigenvalue weighted by Crippen LogP contribution is -2.40. The number of esters is 1. The normalized spacial score (nSPS) is 38.7. The van der Waals surface area contributed by atoms with E-state index in [0.717, 1.165) is 50.2 Å². The first kappa shape index (κ1) is 22.4. The average molecular weight is 357 g/mol. The van der Waals surface area contributed by atoms with Crippen LogP contribution < -0.4 is 0 Å². The minimum atomic E-state index is -0.347. The van der Waals surface area contributed by atoms with Crippen molar-refractivity contribution in [3.8, 4) is 0 Å². The molecule has 2 N–H and O–H groups in total. The number of carbonyl (C=O) groups is 1. The van der Waals surface area contributed by atoms with Gasteiger partial charge in [0.25, 0.3) is 0 Å². The number of fused-ring (bicyclic) bond motifs is 5. The topological polar surface area (TPSA) is 66.8 Å². The van der Waals surface area contributed by atoms with Crippen molar-refractivity contribution in [2.45, 2.75) is 72.3 Å². The Hall–Kier alpha value is -0.610. The number of rotatable bonds is 2. The van der Waals surface area contributed by atoms with E-state index in [4.69, 9.17) is 14.9 Å². The number of aliphatic hydroxyl groups excluding tert-OH is 2. The summed E-state index contributed by atoms with van der Waals surface area (Å²) >= 11 is 0. The fraction of sp³-hybridized carbons (Fsp3) is 0.952. The summed E-state index contributed by atoms with van der Waals surface area (Å²) in [6, 6.07) is 0. The van der Waals surface area contributed by atoms with Crippen LogP contribution in [0.15, 0.2) is 0 Å². The molecule has 0 saturated heterocycles. The maximum absolute atomic E-state index is 12.6. The molecule has 0 heterocycles. The van der Waals surface area contributed by atoms with E-state index in [0.29, 0.717) is 5.92 Å². The zero-order valence-corrected chi connectivity index (χ0v) is 17.3. The number of hydrogen-bond donors (Lipinski definition) is 2. The van der Waals surface area contributed by atoms with Gasteiger partial charge in [-0.05, 0) is 69.1 Å². The van der Waals surface area contributed by atoms with Crippen molar-refractivity contribution >= 4 is 5.97 Å². The third kappa shape index (κ3) is 4.57. The predicted octanol–water partition coefficient (Wildman–Crippen LogP) is 3.89. The van der Waals surface area contributed by atoms with Gasteiger partial charge >= 0.3 is 5.97 Å². The monoisotopic (exact) mass is 356 g/mol. The molecule has 0 spiro atoms. The maximum atomic E-state index is 12.6. The minimum absolute atomic E-state index is 0.0823. The molecule has 3 aliphatic rings. The van der Waals surface area contributed by atoms with Gasteiger partial charge < -0.3 is 14.9 Å². The highest BCUT2D eigenvalue weighted by molar-refractivity contribution is 5.74. The van der Waals surface area contributed by atoms with Gasteiger partial charge in [-0.1, -0.05) is 33.1 Å². The van der Waals surface area contributed by atoms with Crippen LogP contribution in [0.5, 0.6) is 0 Å². The Kier molecular flexibility index (Phi) is 8.40. The van der Waals surface area contributed by atoms with Crippen LogP contribution in [0.2, 0.25) is 0 Å². The Morgan fingerprint density at radius 1 is 1.04 bits per heavy atom. The predicted molar refractivity (Wildman–Crippen MR) is 101 cm³/mol. The van der Waals surface area contributed by atoms with Crippen molar-refractivity contribution in [3.63, 3.8) is 0 Å². The van der Waals surface area contributed by atoms with E-state index >= 15 is 0 Å². The molecular weight excluding hydrogens is 316 g/mol. The molecule has 3 saturated carbocycles. The summed E-state index contributed by atoms with van der Waals surface area (Å²) in [4.78, 5) is 12.6. The lowest BCUT2D eigenvalue weighted by atomic mass is 9.62. The second-order valence-electron chi connectivity index (χ2n) is 8.82. The van der Waals surface area contributed by atoms with Crippen LogP contribution in [0.25, 0.3) is 0 Å². The minimum Gasteiger partial charge on any atom is -0.460 e. The maximum Gasteiger partial charge on any atom is 0.309 e. The molecule has 0 aliphatic heterocycles. The smallest absolute Gasteiger partial charge is 0.309 e. The van der Waals surface area contributed by atoms with Crippen molar-refractivity contribution in [1.29, 1.82) is 0 Å². The molecule has 0 aromatic carbocycles. The molecule has 7 unspecified atom stereocenters. The molecule has 0 radical (unpaired) electrons. The highest BCUT2D eigenvalue weighted by atomic mass is 16.6. The fourth-order valence-electron chi connectivity index (χ4n) is 6.09. The van der Waals surface area contributed by atoms with Crippen molar-refractivity contribution in [3.05, 3.63) is 0 Å². The third-order valence-electron chi connectivity index (χ3n) is 6.65. The van der Waals surface area contributed by atoms with Gasteiger partial charge in [0.15, 0.2) is 0 Å².